The topological polar surface area (TPSA) is 89.7 Å². The van der Waals surface area contributed by atoms with Crippen molar-refractivity contribution >= 4 is 11.6 Å². The van der Waals surface area contributed by atoms with Gasteiger partial charge in [0.25, 0.3) is 0 Å². The Morgan fingerprint density at radius 1 is 1.44 bits per heavy atom. The van der Waals surface area contributed by atoms with Crippen molar-refractivity contribution in [2.24, 2.45) is 0 Å². The van der Waals surface area contributed by atoms with E-state index in [-0.39, 0.29) is 16.9 Å². The predicted octanol–water partition coefficient (Wildman–Crippen LogP) is 0.477. The van der Waals surface area contributed by atoms with Crippen LogP contribution < -0.4 is 10.6 Å². The van der Waals surface area contributed by atoms with Crippen molar-refractivity contribution in [1.29, 1.82) is 10.5 Å². The quantitative estimate of drug-likeness (QED) is 0.718. The molecule has 1 heterocycles. The number of nitrogens with two attached hydrogens (primary N) is 1. The van der Waals surface area contributed by atoms with Gasteiger partial charge in [0.1, 0.15) is 23.8 Å². The van der Waals surface area contributed by atoms with Crippen LogP contribution in [0.15, 0.2) is 6.07 Å². The Bertz CT molecular complexity index is 527. The second kappa shape index (κ2) is 4.68. The maximum absolute atomic E-state index is 8.93. The molecule has 0 bridgehead atoms. The van der Waals surface area contributed by atoms with Gasteiger partial charge in [0, 0.05) is 7.05 Å². The van der Waals surface area contributed by atoms with Gasteiger partial charge in [-0.2, -0.15) is 10.5 Å². The number of pyridine rings is 1. The van der Waals surface area contributed by atoms with Crippen molar-refractivity contribution in [3.63, 3.8) is 0 Å². The van der Waals surface area contributed by atoms with Crippen LogP contribution in [0.5, 0.6) is 0 Å². The third kappa shape index (κ3) is 2.03. The normalized spacial score (nSPS) is 8.62. The summed E-state index contributed by atoms with van der Waals surface area (Å²) in [6, 6.07) is 5.24. The molecule has 2 N–H and O–H groups in total. The molecule has 0 aliphatic rings. The molecule has 1 rings (SSSR count). The van der Waals surface area contributed by atoms with Gasteiger partial charge in [0.15, 0.2) is 0 Å². The van der Waals surface area contributed by atoms with Crippen LogP contribution in [0.2, 0.25) is 0 Å². The Morgan fingerprint density at radius 3 is 2.56 bits per heavy atom. The average Bonchev–Trinajstić information content (AvgIpc) is 2.29. The van der Waals surface area contributed by atoms with Crippen LogP contribution in [0.25, 0.3) is 0 Å². The van der Waals surface area contributed by atoms with E-state index in [9.17, 15) is 0 Å². The maximum atomic E-state index is 8.93. The fraction of sp³-hybridized carbons (Fsp3) is 0.182. The Kier molecular flexibility index (Phi) is 3.33. The molecule has 78 valence electrons. The number of nitrogen functional groups attached to an aromatic ring is 1. The highest BCUT2D eigenvalue weighted by molar-refractivity contribution is 5.63. The number of aromatic nitrogens is 1. The molecule has 1 aromatic heterocycles. The molecule has 0 saturated heterocycles. The highest BCUT2D eigenvalue weighted by Gasteiger charge is 2.12. The Balaban J connectivity index is 3.32. The van der Waals surface area contributed by atoms with Crippen molar-refractivity contribution in [1.82, 2.24) is 4.98 Å². The summed E-state index contributed by atoms with van der Waals surface area (Å²) in [5.74, 6) is 2.92. The second-order valence-corrected chi connectivity index (χ2v) is 3.08. The van der Waals surface area contributed by atoms with E-state index in [4.69, 9.17) is 22.7 Å². The first kappa shape index (κ1) is 11.4. The van der Waals surface area contributed by atoms with E-state index in [1.165, 1.54) is 6.07 Å². The van der Waals surface area contributed by atoms with Gasteiger partial charge in [-0.1, -0.05) is 5.92 Å². The van der Waals surface area contributed by atoms with Gasteiger partial charge in [-0.3, -0.25) is 0 Å². The number of rotatable bonds is 2. The van der Waals surface area contributed by atoms with Crippen molar-refractivity contribution in [3.05, 3.63) is 17.2 Å². The summed E-state index contributed by atoms with van der Waals surface area (Å²) in [6.45, 7) is 0.313. The van der Waals surface area contributed by atoms with Crippen LogP contribution >= 0.6 is 0 Å². The minimum Gasteiger partial charge on any atom is -0.383 e. The number of hydrogen-bond acceptors (Lipinski definition) is 5. The van der Waals surface area contributed by atoms with E-state index in [1.807, 2.05) is 12.1 Å². The lowest BCUT2D eigenvalue weighted by atomic mass is 10.2. The third-order valence-electron chi connectivity index (χ3n) is 1.96. The first-order chi connectivity index (χ1) is 7.63. The number of nitrogens with zero attached hydrogens (tertiary/aromatic N) is 4. The fourth-order valence-electron chi connectivity index (χ4n) is 1.19. The molecule has 5 heteroatoms. The lowest BCUT2D eigenvalue weighted by Gasteiger charge is -2.16. The summed E-state index contributed by atoms with van der Waals surface area (Å²) >= 11 is 0. The van der Waals surface area contributed by atoms with Gasteiger partial charge in [-0.05, 0) is 6.07 Å². The Morgan fingerprint density at radius 2 is 2.06 bits per heavy atom. The minimum absolute atomic E-state index is 0.0976. The van der Waals surface area contributed by atoms with Gasteiger partial charge < -0.3 is 10.6 Å². The smallest absolute Gasteiger partial charge is 0.149 e. The average molecular weight is 211 g/mol. The molecule has 0 radical (unpaired) electrons. The Labute approximate surface area is 93.7 Å². The number of hydrogen-bond donors (Lipinski definition) is 1. The van der Waals surface area contributed by atoms with Crippen LogP contribution in [-0.4, -0.2) is 18.6 Å². The number of anilines is 2. The summed E-state index contributed by atoms with van der Waals surface area (Å²) in [5, 5.41) is 17.7. The maximum Gasteiger partial charge on any atom is 0.149 e. The lowest BCUT2D eigenvalue weighted by molar-refractivity contribution is 1.00. The zero-order valence-electron chi connectivity index (χ0n) is 8.73. The molecule has 0 spiro atoms. The van der Waals surface area contributed by atoms with Crippen LogP contribution in [0.1, 0.15) is 11.1 Å². The summed E-state index contributed by atoms with van der Waals surface area (Å²) in [7, 11) is 1.70. The fourth-order valence-corrected chi connectivity index (χ4v) is 1.19. The standard InChI is InChI=1S/C11H9N5/c1-3-4-16(2)11-9(7-13)5-8(6-12)10(14)15-11/h1,5H,4H2,2H3,(H2,14,15). The summed E-state index contributed by atoms with van der Waals surface area (Å²) in [4.78, 5) is 5.62. The van der Waals surface area contributed by atoms with Crippen LogP contribution in [-0.2, 0) is 0 Å². The lowest BCUT2D eigenvalue weighted by Crippen LogP contribution is -2.20. The van der Waals surface area contributed by atoms with Crippen molar-refractivity contribution in [3.8, 4) is 24.5 Å². The summed E-state index contributed by atoms with van der Waals surface area (Å²) in [6.07, 6.45) is 5.17. The van der Waals surface area contributed by atoms with Crippen LogP contribution in [0.3, 0.4) is 0 Å². The van der Waals surface area contributed by atoms with Crippen molar-refractivity contribution in [2.45, 2.75) is 0 Å². The Hall–Kier alpha value is -2.71. The van der Waals surface area contributed by atoms with E-state index >= 15 is 0 Å². The van der Waals surface area contributed by atoms with Gasteiger partial charge in [-0.15, -0.1) is 6.42 Å². The zero-order valence-corrected chi connectivity index (χ0v) is 8.73. The van der Waals surface area contributed by atoms with E-state index in [1.54, 1.807) is 11.9 Å². The second-order valence-electron chi connectivity index (χ2n) is 3.08. The van der Waals surface area contributed by atoms with E-state index < -0.39 is 0 Å². The van der Waals surface area contributed by atoms with E-state index in [2.05, 4.69) is 10.9 Å². The highest BCUT2D eigenvalue weighted by Crippen LogP contribution is 2.20. The van der Waals surface area contributed by atoms with Gasteiger partial charge in [0.05, 0.1) is 17.7 Å². The highest BCUT2D eigenvalue weighted by atomic mass is 15.2. The predicted molar refractivity (Wildman–Crippen MR) is 60.2 cm³/mol. The molecule has 0 atom stereocenters. The SMILES string of the molecule is C#CCN(C)c1nc(N)c(C#N)cc1C#N. The van der Waals surface area contributed by atoms with Crippen LogP contribution in [0.4, 0.5) is 11.6 Å². The summed E-state index contributed by atoms with van der Waals surface area (Å²) < 4.78 is 0. The number of nitriles is 2. The molecule has 0 unspecified atom stereocenters. The molecule has 0 aromatic carbocycles. The largest absolute Gasteiger partial charge is 0.383 e. The summed E-state index contributed by atoms with van der Waals surface area (Å²) in [5.41, 5.74) is 6.04. The number of terminal acetylenes is 1. The minimum atomic E-state index is 0.0976. The van der Waals surface area contributed by atoms with Gasteiger partial charge in [-0.25, -0.2) is 4.98 Å². The zero-order chi connectivity index (χ0) is 12.1. The molecule has 0 saturated carbocycles. The van der Waals surface area contributed by atoms with E-state index in [0.717, 1.165) is 0 Å². The molecule has 5 nitrogen and oxygen atoms in total. The van der Waals surface area contributed by atoms with Gasteiger partial charge in [0.2, 0.25) is 0 Å². The molecule has 0 amide bonds. The molecule has 0 fully saturated rings. The van der Waals surface area contributed by atoms with Crippen LogP contribution in [0, 0.1) is 35.0 Å². The molecular formula is C11H9N5. The first-order valence-corrected chi connectivity index (χ1v) is 4.39. The monoisotopic (exact) mass is 211 g/mol. The molecule has 0 aliphatic carbocycles. The van der Waals surface area contributed by atoms with Gasteiger partial charge >= 0.3 is 0 Å². The molecule has 16 heavy (non-hydrogen) atoms. The molecule has 1 aromatic rings. The first-order valence-electron chi connectivity index (χ1n) is 4.39. The molecule has 0 aliphatic heterocycles. The van der Waals surface area contributed by atoms with E-state index in [0.29, 0.717) is 12.4 Å². The molecular weight excluding hydrogens is 202 g/mol. The van der Waals surface area contributed by atoms with Crippen molar-refractivity contribution < 1.29 is 0 Å². The van der Waals surface area contributed by atoms with Crippen molar-refractivity contribution in [2.75, 3.05) is 24.2 Å². The third-order valence-corrected chi connectivity index (χ3v) is 1.96.